The molecule has 0 saturated carbocycles. The van der Waals surface area contributed by atoms with E-state index in [4.69, 9.17) is 9.47 Å². The van der Waals surface area contributed by atoms with Crippen LogP contribution in [0.25, 0.3) is 0 Å². The number of ether oxygens (including phenoxy) is 2. The summed E-state index contributed by atoms with van der Waals surface area (Å²) in [6.07, 6.45) is -0.571. The van der Waals surface area contributed by atoms with Crippen LogP contribution in [0.3, 0.4) is 0 Å². The van der Waals surface area contributed by atoms with E-state index < -0.39 is 35.4 Å². The molecule has 2 atom stereocenters. The van der Waals surface area contributed by atoms with Crippen molar-refractivity contribution in [3.05, 3.63) is 67.1 Å². The molecule has 2 aliphatic rings. The molecule has 10 heteroatoms. The number of nitrogens with zero attached hydrogens (tertiary/aromatic N) is 1. The number of Topliss-reactive ketones (excluding diaryl/α,β-unsaturated/α-hetero) is 2. The van der Waals surface area contributed by atoms with Gasteiger partial charge in [-0.2, -0.15) is 0 Å². The minimum absolute atomic E-state index is 0.0540. The van der Waals surface area contributed by atoms with E-state index in [0.29, 0.717) is 25.8 Å². The molecule has 0 aliphatic heterocycles. The minimum atomic E-state index is -0.788. The molecule has 0 saturated heterocycles. The maximum atomic E-state index is 14.1. The zero-order valence-corrected chi connectivity index (χ0v) is 20.4. The van der Waals surface area contributed by atoms with Crippen LogP contribution in [0.15, 0.2) is 38.4 Å². The number of carbonyl (C=O) groups excluding carboxylic acids is 2. The summed E-state index contributed by atoms with van der Waals surface area (Å²) in [5.41, 5.74) is 1.65. The van der Waals surface area contributed by atoms with Crippen molar-refractivity contribution in [2.24, 2.45) is 5.16 Å². The number of oxime groups is 1. The first-order chi connectivity index (χ1) is 15.8. The monoisotopic (exact) mass is 585 g/mol. The summed E-state index contributed by atoms with van der Waals surface area (Å²) in [6, 6.07) is 5.89. The van der Waals surface area contributed by atoms with Gasteiger partial charge in [-0.3, -0.25) is 9.59 Å². The summed E-state index contributed by atoms with van der Waals surface area (Å²) >= 11 is 6.43. The van der Waals surface area contributed by atoms with Gasteiger partial charge >= 0.3 is 0 Å². The van der Waals surface area contributed by atoms with Crippen LogP contribution in [0.4, 0.5) is 8.78 Å². The van der Waals surface area contributed by atoms with Crippen LogP contribution >= 0.6 is 31.9 Å². The molecule has 0 fully saturated rings. The Balaban J connectivity index is 1.24. The molecular weight excluding hydrogens is 568 g/mol. The molecule has 33 heavy (non-hydrogen) atoms. The number of carbonyl (C=O) groups is 2. The summed E-state index contributed by atoms with van der Waals surface area (Å²) in [5.74, 6) is -1.97. The minimum Gasteiger partial charge on any atom is -0.411 e. The van der Waals surface area contributed by atoms with Gasteiger partial charge in [0, 0.05) is 34.6 Å². The summed E-state index contributed by atoms with van der Waals surface area (Å²) in [7, 11) is 0. The van der Waals surface area contributed by atoms with E-state index in [1.807, 2.05) is 0 Å². The van der Waals surface area contributed by atoms with Crippen molar-refractivity contribution in [3.8, 4) is 0 Å². The van der Waals surface area contributed by atoms with Crippen molar-refractivity contribution in [1.82, 2.24) is 0 Å². The number of ketones is 2. The van der Waals surface area contributed by atoms with E-state index in [9.17, 15) is 23.6 Å². The maximum absolute atomic E-state index is 14.1. The number of fused-ring (bicyclic) bond motifs is 2. The predicted octanol–water partition coefficient (Wildman–Crippen LogP) is 5.05. The van der Waals surface area contributed by atoms with Crippen molar-refractivity contribution in [1.29, 1.82) is 0 Å². The Morgan fingerprint density at radius 1 is 0.879 bits per heavy atom. The van der Waals surface area contributed by atoms with E-state index in [1.165, 1.54) is 12.1 Å². The Morgan fingerprint density at radius 2 is 1.30 bits per heavy atom. The average Bonchev–Trinajstić information content (AvgIpc) is 3.23. The zero-order valence-electron chi connectivity index (χ0n) is 17.2. The fraction of sp³-hybridized carbons (Fsp3) is 0.348. The fourth-order valence-electron chi connectivity index (χ4n) is 4.17. The van der Waals surface area contributed by atoms with Crippen LogP contribution in [0.2, 0.25) is 0 Å². The predicted molar refractivity (Wildman–Crippen MR) is 122 cm³/mol. The van der Waals surface area contributed by atoms with Crippen molar-refractivity contribution in [3.63, 3.8) is 0 Å². The Morgan fingerprint density at radius 3 is 1.70 bits per heavy atom. The molecule has 0 radical (unpaired) electrons. The van der Waals surface area contributed by atoms with Crippen molar-refractivity contribution in [2.45, 2.75) is 37.9 Å². The normalized spacial score (nSPS) is 19.0. The van der Waals surface area contributed by atoms with Gasteiger partial charge < -0.3 is 14.7 Å². The molecule has 174 valence electrons. The first kappa shape index (κ1) is 24.1. The maximum Gasteiger partial charge on any atom is 0.195 e. The van der Waals surface area contributed by atoms with E-state index >= 15 is 0 Å². The van der Waals surface area contributed by atoms with Crippen LogP contribution in [0.1, 0.15) is 44.7 Å². The number of benzene rings is 2. The highest BCUT2D eigenvalue weighted by Crippen LogP contribution is 2.31. The summed E-state index contributed by atoms with van der Waals surface area (Å²) in [6.45, 7) is 0.194. The Labute approximate surface area is 205 Å². The van der Waals surface area contributed by atoms with Crippen LogP contribution < -0.4 is 0 Å². The lowest BCUT2D eigenvalue weighted by Gasteiger charge is -2.12. The molecule has 0 spiro atoms. The molecule has 6 nitrogen and oxygen atoms in total. The molecule has 0 amide bonds. The van der Waals surface area contributed by atoms with Crippen LogP contribution in [0, 0.1) is 11.6 Å². The number of hydrogen-bond donors (Lipinski definition) is 1. The molecular formula is C23H19Br2F2NO5. The van der Waals surface area contributed by atoms with Gasteiger partial charge in [0.25, 0.3) is 0 Å². The van der Waals surface area contributed by atoms with Gasteiger partial charge in [-0.05, 0) is 35.4 Å². The number of halogens is 4. The first-order valence-electron chi connectivity index (χ1n) is 10.3. The lowest BCUT2D eigenvalue weighted by Crippen LogP contribution is -2.24. The standard InChI is InChI=1S/C23H19Br2F2NO5/c24-13-5-11-7-18(22(29)20(11)16(26)9-13)32-3-1-15(28-31)2-4-33-19-8-12-6-14(25)10-17(27)21(12)23(19)30/h5-6,9-10,18-19,31H,1-4,7-8H2. The molecule has 2 aromatic carbocycles. The van der Waals surface area contributed by atoms with E-state index in [2.05, 4.69) is 37.0 Å². The Hall–Kier alpha value is -2.01. The first-order valence-corrected chi connectivity index (χ1v) is 11.8. The Bertz CT molecular complexity index is 1070. The van der Waals surface area contributed by atoms with Gasteiger partial charge in [-0.1, -0.05) is 37.0 Å². The van der Waals surface area contributed by atoms with Crippen LogP contribution in [0.5, 0.6) is 0 Å². The van der Waals surface area contributed by atoms with Gasteiger partial charge in [0.2, 0.25) is 0 Å². The van der Waals surface area contributed by atoms with Gasteiger partial charge in [0.05, 0.1) is 30.1 Å². The molecule has 2 unspecified atom stereocenters. The quantitative estimate of drug-likeness (QED) is 0.266. The largest absolute Gasteiger partial charge is 0.411 e. The topological polar surface area (TPSA) is 85.2 Å². The summed E-state index contributed by atoms with van der Waals surface area (Å²) in [4.78, 5) is 24.8. The molecule has 2 aliphatic carbocycles. The highest BCUT2D eigenvalue weighted by atomic mass is 79.9. The SMILES string of the molecule is O=C1c2c(F)cc(Br)cc2CC1OCCC(CCOC1Cc2cc(Br)cc(F)c2C1=O)=NO. The second kappa shape index (κ2) is 10.1. The van der Waals surface area contributed by atoms with E-state index in [1.54, 1.807) is 12.1 Å². The molecule has 4 rings (SSSR count). The summed E-state index contributed by atoms with van der Waals surface area (Å²) < 4.78 is 40.5. The van der Waals surface area contributed by atoms with Crippen LogP contribution in [-0.2, 0) is 22.3 Å². The molecule has 1 N–H and O–H groups in total. The van der Waals surface area contributed by atoms with Crippen molar-refractivity contribution in [2.75, 3.05) is 13.2 Å². The number of rotatable bonds is 8. The van der Waals surface area contributed by atoms with Gasteiger partial charge in [-0.25, -0.2) is 8.78 Å². The summed E-state index contributed by atoms with van der Waals surface area (Å²) in [5, 5.41) is 12.5. The van der Waals surface area contributed by atoms with Gasteiger partial charge in [-0.15, -0.1) is 0 Å². The third-order valence-electron chi connectivity index (χ3n) is 5.72. The van der Waals surface area contributed by atoms with Crippen LogP contribution in [-0.4, -0.2) is 47.9 Å². The zero-order chi connectivity index (χ0) is 23.7. The number of hydrogen-bond acceptors (Lipinski definition) is 6. The second-order valence-electron chi connectivity index (χ2n) is 7.87. The Kier molecular flexibility index (Phi) is 7.37. The second-order valence-corrected chi connectivity index (χ2v) is 9.70. The molecule has 0 aromatic heterocycles. The van der Waals surface area contributed by atoms with E-state index in [-0.39, 0.29) is 50.0 Å². The lowest BCUT2D eigenvalue weighted by molar-refractivity contribution is 0.0450. The average molecular weight is 587 g/mol. The highest BCUT2D eigenvalue weighted by molar-refractivity contribution is 9.10. The third-order valence-corrected chi connectivity index (χ3v) is 6.64. The van der Waals surface area contributed by atoms with Crippen molar-refractivity contribution < 1.29 is 33.1 Å². The smallest absolute Gasteiger partial charge is 0.195 e. The highest BCUT2D eigenvalue weighted by Gasteiger charge is 2.35. The molecule has 0 heterocycles. The molecule has 2 aromatic rings. The lowest BCUT2D eigenvalue weighted by atomic mass is 10.1. The van der Waals surface area contributed by atoms with Gasteiger partial charge in [0.1, 0.15) is 23.8 Å². The van der Waals surface area contributed by atoms with E-state index in [0.717, 1.165) is 0 Å². The van der Waals surface area contributed by atoms with Gasteiger partial charge in [0.15, 0.2) is 11.6 Å². The third kappa shape index (κ3) is 5.08. The molecule has 0 bridgehead atoms. The van der Waals surface area contributed by atoms with Crippen molar-refractivity contribution >= 4 is 49.1 Å². The fourth-order valence-corrected chi connectivity index (χ4v) is 5.12.